The number of anilines is 1. The maximum absolute atomic E-state index is 11.9. The van der Waals surface area contributed by atoms with E-state index >= 15 is 0 Å². The third kappa shape index (κ3) is 2.78. The predicted octanol–water partition coefficient (Wildman–Crippen LogP) is 2.46. The Hall–Kier alpha value is -1.53. The van der Waals surface area contributed by atoms with Crippen molar-refractivity contribution in [1.82, 2.24) is 15.0 Å². The highest BCUT2D eigenvalue weighted by atomic mass is 35.5. The molecule has 0 saturated heterocycles. The van der Waals surface area contributed by atoms with Gasteiger partial charge in [-0.2, -0.15) is 0 Å². The molecule has 17 heavy (non-hydrogen) atoms. The van der Waals surface area contributed by atoms with Crippen molar-refractivity contribution >= 4 is 34.7 Å². The Morgan fingerprint density at radius 3 is 2.76 bits per heavy atom. The summed E-state index contributed by atoms with van der Waals surface area (Å²) in [6.07, 6.45) is 1.29. The van der Waals surface area contributed by atoms with Gasteiger partial charge in [0.05, 0.1) is 10.7 Å². The van der Waals surface area contributed by atoms with E-state index in [1.807, 2.05) is 6.92 Å². The van der Waals surface area contributed by atoms with E-state index in [0.29, 0.717) is 16.4 Å². The Bertz CT molecular complexity index is 569. The summed E-state index contributed by atoms with van der Waals surface area (Å²) < 4.78 is 0. The van der Waals surface area contributed by atoms with Gasteiger partial charge in [0.15, 0.2) is 0 Å². The Morgan fingerprint density at radius 2 is 2.18 bits per heavy atom. The van der Waals surface area contributed by atoms with E-state index in [-0.39, 0.29) is 11.1 Å². The number of amides is 1. The van der Waals surface area contributed by atoms with Crippen molar-refractivity contribution in [3.8, 4) is 0 Å². The van der Waals surface area contributed by atoms with Crippen molar-refractivity contribution < 1.29 is 4.79 Å². The normalized spacial score (nSPS) is 10.3. The molecular weight excluding hydrogens is 260 g/mol. The van der Waals surface area contributed by atoms with Crippen LogP contribution < -0.4 is 5.32 Å². The molecule has 5 nitrogen and oxygen atoms in total. The van der Waals surface area contributed by atoms with Crippen LogP contribution in [0.4, 0.5) is 5.82 Å². The van der Waals surface area contributed by atoms with Crippen LogP contribution in [-0.4, -0.2) is 20.9 Å². The standard InChI is InChI=1S/C10H9ClN4OS/c1-5-9(17-6(2)14-5)10(16)15-8-3-7(11)12-4-13-8/h3-4H,1-2H3,(H,12,13,15,16). The second kappa shape index (κ2) is 4.77. The number of aryl methyl sites for hydroxylation is 2. The molecule has 0 aliphatic heterocycles. The highest BCUT2D eigenvalue weighted by Gasteiger charge is 2.14. The molecule has 0 bridgehead atoms. The van der Waals surface area contributed by atoms with Gasteiger partial charge in [0.25, 0.3) is 5.91 Å². The fraction of sp³-hybridized carbons (Fsp3) is 0.200. The van der Waals surface area contributed by atoms with E-state index in [2.05, 4.69) is 20.3 Å². The molecule has 0 aromatic carbocycles. The smallest absolute Gasteiger partial charge is 0.268 e. The molecule has 0 aliphatic carbocycles. The summed E-state index contributed by atoms with van der Waals surface area (Å²) in [5.41, 5.74) is 0.713. The monoisotopic (exact) mass is 268 g/mol. The number of hydrogen-bond donors (Lipinski definition) is 1. The van der Waals surface area contributed by atoms with Crippen molar-refractivity contribution in [3.63, 3.8) is 0 Å². The molecule has 0 aliphatic rings. The number of hydrogen-bond acceptors (Lipinski definition) is 5. The average Bonchev–Trinajstić information content (AvgIpc) is 2.58. The lowest BCUT2D eigenvalue weighted by molar-refractivity contribution is 0.102. The maximum atomic E-state index is 11.9. The summed E-state index contributed by atoms with van der Waals surface area (Å²) in [5, 5.41) is 3.79. The molecule has 88 valence electrons. The number of carbonyl (C=O) groups is 1. The summed E-state index contributed by atoms with van der Waals surface area (Å²) in [6, 6.07) is 1.49. The second-order valence-corrected chi connectivity index (χ2v) is 4.92. The van der Waals surface area contributed by atoms with Gasteiger partial charge in [-0.05, 0) is 13.8 Å². The van der Waals surface area contributed by atoms with Gasteiger partial charge in [-0.1, -0.05) is 11.6 Å². The largest absolute Gasteiger partial charge is 0.306 e. The quantitative estimate of drug-likeness (QED) is 0.850. The SMILES string of the molecule is Cc1nc(C)c(C(=O)Nc2cc(Cl)ncn2)s1. The molecule has 0 atom stereocenters. The fourth-order valence-corrected chi connectivity index (χ4v) is 2.28. The summed E-state index contributed by atoms with van der Waals surface area (Å²) in [4.78, 5) is 24.3. The number of nitrogens with zero attached hydrogens (tertiary/aromatic N) is 3. The van der Waals surface area contributed by atoms with Crippen LogP contribution in [0.15, 0.2) is 12.4 Å². The summed E-state index contributed by atoms with van der Waals surface area (Å²) in [7, 11) is 0. The van der Waals surface area contributed by atoms with Crippen LogP contribution in [0.3, 0.4) is 0 Å². The molecular formula is C10H9ClN4OS. The van der Waals surface area contributed by atoms with Crippen molar-refractivity contribution in [2.75, 3.05) is 5.32 Å². The Morgan fingerprint density at radius 1 is 1.41 bits per heavy atom. The minimum Gasteiger partial charge on any atom is -0.306 e. The molecule has 2 heterocycles. The van der Waals surface area contributed by atoms with Crippen LogP contribution >= 0.6 is 22.9 Å². The van der Waals surface area contributed by atoms with Gasteiger partial charge in [0.2, 0.25) is 0 Å². The van der Waals surface area contributed by atoms with Crippen LogP contribution in [0.5, 0.6) is 0 Å². The fourth-order valence-electron chi connectivity index (χ4n) is 1.32. The molecule has 0 unspecified atom stereocenters. The predicted molar refractivity (Wildman–Crippen MR) is 66.6 cm³/mol. The van der Waals surface area contributed by atoms with E-state index in [1.54, 1.807) is 6.92 Å². The first-order chi connectivity index (χ1) is 8.06. The minimum absolute atomic E-state index is 0.233. The lowest BCUT2D eigenvalue weighted by atomic mass is 10.3. The zero-order valence-corrected chi connectivity index (χ0v) is 10.8. The van der Waals surface area contributed by atoms with Gasteiger partial charge in [0.1, 0.15) is 22.2 Å². The molecule has 1 N–H and O–H groups in total. The number of nitrogens with one attached hydrogen (secondary N) is 1. The van der Waals surface area contributed by atoms with E-state index in [0.717, 1.165) is 5.01 Å². The maximum Gasteiger partial charge on any atom is 0.268 e. The molecule has 2 aromatic heterocycles. The van der Waals surface area contributed by atoms with Gasteiger partial charge in [-0.15, -0.1) is 11.3 Å². The molecule has 0 saturated carbocycles. The van der Waals surface area contributed by atoms with Crippen LogP contribution in [-0.2, 0) is 0 Å². The lowest BCUT2D eigenvalue weighted by Gasteiger charge is -2.02. The molecule has 7 heteroatoms. The number of thiazole rings is 1. The average molecular weight is 269 g/mol. The lowest BCUT2D eigenvalue weighted by Crippen LogP contribution is -2.12. The zero-order valence-electron chi connectivity index (χ0n) is 9.19. The molecule has 1 amide bonds. The van der Waals surface area contributed by atoms with Crippen molar-refractivity contribution in [1.29, 1.82) is 0 Å². The van der Waals surface area contributed by atoms with Gasteiger partial charge >= 0.3 is 0 Å². The number of halogens is 1. The van der Waals surface area contributed by atoms with Crippen LogP contribution in [0.1, 0.15) is 20.4 Å². The van der Waals surface area contributed by atoms with Gasteiger partial charge < -0.3 is 5.32 Å². The van der Waals surface area contributed by atoms with Gasteiger partial charge in [0, 0.05) is 6.07 Å². The van der Waals surface area contributed by atoms with Crippen molar-refractivity contribution in [2.24, 2.45) is 0 Å². The minimum atomic E-state index is -0.233. The first-order valence-corrected chi connectivity index (χ1v) is 5.98. The van der Waals surface area contributed by atoms with E-state index in [4.69, 9.17) is 11.6 Å². The van der Waals surface area contributed by atoms with Crippen LogP contribution in [0.2, 0.25) is 5.15 Å². The Balaban J connectivity index is 2.20. The second-order valence-electron chi connectivity index (χ2n) is 3.33. The molecule has 2 rings (SSSR count). The van der Waals surface area contributed by atoms with Gasteiger partial charge in [-0.3, -0.25) is 4.79 Å². The first-order valence-electron chi connectivity index (χ1n) is 4.79. The summed E-state index contributed by atoms with van der Waals surface area (Å²) in [6.45, 7) is 3.65. The summed E-state index contributed by atoms with van der Waals surface area (Å²) in [5.74, 6) is 0.142. The van der Waals surface area contributed by atoms with E-state index in [9.17, 15) is 4.79 Å². The highest BCUT2D eigenvalue weighted by Crippen LogP contribution is 2.18. The zero-order chi connectivity index (χ0) is 12.4. The third-order valence-corrected chi connectivity index (χ3v) is 3.26. The summed E-state index contributed by atoms with van der Waals surface area (Å²) >= 11 is 7.04. The molecule has 0 radical (unpaired) electrons. The molecule has 0 spiro atoms. The van der Waals surface area contributed by atoms with Crippen molar-refractivity contribution in [2.45, 2.75) is 13.8 Å². The third-order valence-electron chi connectivity index (χ3n) is 1.99. The highest BCUT2D eigenvalue weighted by molar-refractivity contribution is 7.13. The topological polar surface area (TPSA) is 67.8 Å². The number of carbonyl (C=O) groups excluding carboxylic acids is 1. The van der Waals surface area contributed by atoms with Gasteiger partial charge in [-0.25, -0.2) is 15.0 Å². The van der Waals surface area contributed by atoms with E-state index in [1.165, 1.54) is 23.7 Å². The first kappa shape index (κ1) is 11.9. The Kier molecular flexibility index (Phi) is 3.35. The van der Waals surface area contributed by atoms with Crippen LogP contribution in [0.25, 0.3) is 0 Å². The number of rotatable bonds is 2. The number of aromatic nitrogens is 3. The molecule has 0 fully saturated rings. The van der Waals surface area contributed by atoms with Crippen LogP contribution in [0, 0.1) is 13.8 Å². The van der Waals surface area contributed by atoms with Crippen molar-refractivity contribution in [3.05, 3.63) is 33.1 Å². The Labute approximate surface area is 107 Å². The molecule has 2 aromatic rings. The van der Waals surface area contributed by atoms with E-state index < -0.39 is 0 Å².